The predicted octanol–water partition coefficient (Wildman–Crippen LogP) is 5.14. The van der Waals surface area contributed by atoms with E-state index in [0.717, 1.165) is 64.8 Å². The Labute approximate surface area is 212 Å². The van der Waals surface area contributed by atoms with E-state index >= 15 is 0 Å². The molecule has 1 atom stereocenters. The summed E-state index contributed by atoms with van der Waals surface area (Å²) in [7, 11) is 0. The highest BCUT2D eigenvalue weighted by Gasteiger charge is 2.21. The van der Waals surface area contributed by atoms with Crippen LogP contribution in [0.25, 0.3) is 11.1 Å². The van der Waals surface area contributed by atoms with Gasteiger partial charge in [-0.25, -0.2) is 0 Å². The molecular formula is C29H31ClN2O3. The largest absolute Gasteiger partial charge is 0.486 e. The molecule has 6 heteroatoms. The minimum atomic E-state index is 0.0384. The van der Waals surface area contributed by atoms with Crippen molar-refractivity contribution in [2.24, 2.45) is 0 Å². The van der Waals surface area contributed by atoms with Gasteiger partial charge in [0.25, 0.3) is 0 Å². The van der Waals surface area contributed by atoms with E-state index in [9.17, 15) is 4.79 Å². The zero-order chi connectivity index (χ0) is 24.0. The molecule has 182 valence electrons. The second kappa shape index (κ2) is 11.1. The average Bonchev–Trinajstić information content (AvgIpc) is 3.38. The Kier molecular flexibility index (Phi) is 7.55. The number of carbonyl (C=O) groups is 1. The Bertz CT molecular complexity index is 1140. The van der Waals surface area contributed by atoms with Crippen molar-refractivity contribution in [1.82, 2.24) is 10.2 Å². The molecule has 0 spiro atoms. The molecule has 3 aromatic rings. The van der Waals surface area contributed by atoms with Crippen LogP contribution in [0.3, 0.4) is 0 Å². The second-order valence-electron chi connectivity index (χ2n) is 9.33. The number of benzene rings is 3. The van der Waals surface area contributed by atoms with Gasteiger partial charge in [0.2, 0.25) is 5.91 Å². The molecule has 1 fully saturated rings. The van der Waals surface area contributed by atoms with Crippen LogP contribution in [0.5, 0.6) is 11.5 Å². The number of nitrogens with one attached hydrogen (secondary N) is 1. The average molecular weight is 491 g/mol. The summed E-state index contributed by atoms with van der Waals surface area (Å²) in [6.45, 7) is 4.21. The number of rotatable bonds is 8. The van der Waals surface area contributed by atoms with E-state index in [2.05, 4.69) is 28.4 Å². The minimum absolute atomic E-state index is 0.0384. The standard InChI is InChI=1S/C29H31ClN2O3/c30-25-10-8-24(9-11-25)23-6-3-21(4-7-23)19-29(33)31-26(20-32-13-1-2-14-32)17-22-5-12-27-28(18-22)35-16-15-34-27/h3-12,18,26H,1-2,13-17,19-20H2,(H,31,33)/t26-/m0/s1. The molecule has 0 bridgehead atoms. The molecule has 1 amide bonds. The molecule has 1 N–H and O–H groups in total. The van der Waals surface area contributed by atoms with Gasteiger partial charge in [0, 0.05) is 17.6 Å². The normalized spacial score (nSPS) is 16.1. The molecule has 2 aliphatic heterocycles. The van der Waals surface area contributed by atoms with Crippen LogP contribution in [-0.2, 0) is 17.6 Å². The summed E-state index contributed by atoms with van der Waals surface area (Å²) in [5, 5.41) is 4.03. The first kappa shape index (κ1) is 23.7. The monoisotopic (exact) mass is 490 g/mol. The number of halogens is 1. The van der Waals surface area contributed by atoms with Gasteiger partial charge in [-0.2, -0.15) is 0 Å². The van der Waals surface area contributed by atoms with Crippen molar-refractivity contribution in [1.29, 1.82) is 0 Å². The van der Waals surface area contributed by atoms with Gasteiger partial charge in [-0.1, -0.05) is 54.1 Å². The van der Waals surface area contributed by atoms with Crippen molar-refractivity contribution in [3.05, 3.63) is 82.9 Å². The third kappa shape index (κ3) is 6.36. The highest BCUT2D eigenvalue weighted by Crippen LogP contribution is 2.31. The number of likely N-dealkylation sites (tertiary alicyclic amines) is 1. The van der Waals surface area contributed by atoms with Crippen molar-refractivity contribution in [3.63, 3.8) is 0 Å². The van der Waals surface area contributed by atoms with Gasteiger partial charge in [-0.15, -0.1) is 0 Å². The lowest BCUT2D eigenvalue weighted by Gasteiger charge is -2.25. The lowest BCUT2D eigenvalue weighted by Crippen LogP contribution is -2.45. The molecule has 35 heavy (non-hydrogen) atoms. The third-order valence-corrected chi connectivity index (χ3v) is 6.88. The van der Waals surface area contributed by atoms with E-state index in [1.165, 1.54) is 12.8 Å². The van der Waals surface area contributed by atoms with Crippen molar-refractivity contribution >= 4 is 17.5 Å². The Morgan fingerprint density at radius 2 is 1.49 bits per heavy atom. The number of ether oxygens (including phenoxy) is 2. The fraction of sp³-hybridized carbons (Fsp3) is 0.345. The lowest BCUT2D eigenvalue weighted by atomic mass is 10.0. The van der Waals surface area contributed by atoms with Gasteiger partial charge < -0.3 is 19.7 Å². The molecule has 2 heterocycles. The summed E-state index contributed by atoms with van der Waals surface area (Å²) >= 11 is 6.00. The molecule has 0 aliphatic carbocycles. The molecule has 5 nitrogen and oxygen atoms in total. The maximum Gasteiger partial charge on any atom is 0.224 e. The highest BCUT2D eigenvalue weighted by atomic mass is 35.5. The molecule has 3 aromatic carbocycles. The molecule has 1 saturated heterocycles. The van der Waals surface area contributed by atoms with E-state index < -0.39 is 0 Å². The van der Waals surface area contributed by atoms with E-state index in [1.807, 2.05) is 48.5 Å². The maximum atomic E-state index is 13.0. The summed E-state index contributed by atoms with van der Waals surface area (Å²) in [6, 6.07) is 22.1. The predicted molar refractivity (Wildman–Crippen MR) is 139 cm³/mol. The number of carbonyl (C=O) groups excluding carboxylic acids is 1. The summed E-state index contributed by atoms with van der Waals surface area (Å²) < 4.78 is 11.4. The van der Waals surface area contributed by atoms with Crippen molar-refractivity contribution in [2.45, 2.75) is 31.7 Å². The summed E-state index contributed by atoms with van der Waals surface area (Å²) in [6.07, 6.45) is 3.57. The van der Waals surface area contributed by atoms with Crippen LogP contribution in [0.4, 0.5) is 0 Å². The van der Waals surface area contributed by atoms with Crippen LogP contribution in [0, 0.1) is 0 Å². The van der Waals surface area contributed by atoms with E-state index in [-0.39, 0.29) is 11.9 Å². The second-order valence-corrected chi connectivity index (χ2v) is 9.77. The fourth-order valence-corrected chi connectivity index (χ4v) is 4.98. The summed E-state index contributed by atoms with van der Waals surface area (Å²) in [4.78, 5) is 15.5. The Hall–Kier alpha value is -3.02. The molecular weight excluding hydrogens is 460 g/mol. The van der Waals surface area contributed by atoms with Gasteiger partial charge in [0.15, 0.2) is 11.5 Å². The van der Waals surface area contributed by atoms with Crippen LogP contribution < -0.4 is 14.8 Å². The van der Waals surface area contributed by atoms with Crippen molar-refractivity contribution in [2.75, 3.05) is 32.8 Å². The number of amides is 1. The molecule has 0 saturated carbocycles. The van der Waals surface area contributed by atoms with E-state index in [4.69, 9.17) is 21.1 Å². The first-order valence-electron chi connectivity index (χ1n) is 12.4. The molecule has 0 radical (unpaired) electrons. The van der Waals surface area contributed by atoms with Crippen LogP contribution in [0.1, 0.15) is 24.0 Å². The topological polar surface area (TPSA) is 50.8 Å². The SMILES string of the molecule is O=C(Cc1ccc(-c2ccc(Cl)cc2)cc1)N[C@@H](Cc1ccc2c(c1)OCCO2)CN1CCCC1. The number of hydrogen-bond acceptors (Lipinski definition) is 4. The van der Waals surface area contributed by atoms with Gasteiger partial charge in [0.1, 0.15) is 13.2 Å². The lowest BCUT2D eigenvalue weighted by molar-refractivity contribution is -0.121. The van der Waals surface area contributed by atoms with Gasteiger partial charge in [-0.05, 0) is 78.9 Å². The van der Waals surface area contributed by atoms with Gasteiger partial charge >= 0.3 is 0 Å². The number of fused-ring (bicyclic) bond motifs is 1. The van der Waals surface area contributed by atoms with Crippen molar-refractivity contribution in [3.8, 4) is 22.6 Å². The van der Waals surface area contributed by atoms with Crippen LogP contribution in [0.15, 0.2) is 66.7 Å². The van der Waals surface area contributed by atoms with Gasteiger partial charge in [-0.3, -0.25) is 4.79 Å². The van der Waals surface area contributed by atoms with E-state index in [0.29, 0.717) is 19.6 Å². The van der Waals surface area contributed by atoms with Crippen LogP contribution in [-0.4, -0.2) is 49.7 Å². The summed E-state index contributed by atoms with van der Waals surface area (Å²) in [5.74, 6) is 1.63. The molecule has 2 aliphatic rings. The minimum Gasteiger partial charge on any atom is -0.486 e. The fourth-order valence-electron chi connectivity index (χ4n) is 4.86. The number of hydrogen-bond donors (Lipinski definition) is 1. The Morgan fingerprint density at radius 1 is 0.857 bits per heavy atom. The van der Waals surface area contributed by atoms with Crippen LogP contribution >= 0.6 is 11.6 Å². The Balaban J connectivity index is 1.23. The zero-order valence-electron chi connectivity index (χ0n) is 19.8. The zero-order valence-corrected chi connectivity index (χ0v) is 20.6. The quantitative estimate of drug-likeness (QED) is 0.475. The maximum absolute atomic E-state index is 13.0. The third-order valence-electron chi connectivity index (χ3n) is 6.63. The Morgan fingerprint density at radius 3 is 2.20 bits per heavy atom. The molecule has 0 aromatic heterocycles. The highest BCUT2D eigenvalue weighted by molar-refractivity contribution is 6.30. The summed E-state index contributed by atoms with van der Waals surface area (Å²) in [5.41, 5.74) is 4.36. The number of nitrogens with zero attached hydrogens (tertiary/aromatic N) is 1. The van der Waals surface area contributed by atoms with Gasteiger partial charge in [0.05, 0.1) is 6.42 Å². The van der Waals surface area contributed by atoms with E-state index in [1.54, 1.807) is 0 Å². The molecule has 0 unspecified atom stereocenters. The van der Waals surface area contributed by atoms with Crippen molar-refractivity contribution < 1.29 is 14.3 Å². The smallest absolute Gasteiger partial charge is 0.224 e. The van der Waals surface area contributed by atoms with Crippen LogP contribution in [0.2, 0.25) is 5.02 Å². The first-order valence-corrected chi connectivity index (χ1v) is 12.8. The first-order chi connectivity index (χ1) is 17.1. The molecule has 5 rings (SSSR count).